The number of hydrogen-bond acceptors (Lipinski definition) is 4. The van der Waals surface area contributed by atoms with E-state index in [-0.39, 0.29) is 19.1 Å². The lowest BCUT2D eigenvalue weighted by molar-refractivity contribution is -0.163. The maximum Gasteiger partial charge on any atom is 0.406 e. The summed E-state index contributed by atoms with van der Waals surface area (Å²) in [4.78, 5) is 15.5. The number of hydrogen-bond donors (Lipinski definition) is 0. The standard InChI is InChI=1S/C20H23F3N2O3/c1-27-16-8-6-15(7-9-16)18-5-2-10-24(18)13-19(26)25(14-20(21,22)23)12-17-4-3-11-28-17/h3-4,6-9,11,18H,2,5,10,12-14H2,1H3. The minimum absolute atomic E-state index is 0.00575. The van der Waals surface area contributed by atoms with Crippen molar-refractivity contribution in [3.8, 4) is 5.75 Å². The smallest absolute Gasteiger partial charge is 0.406 e. The molecule has 0 spiro atoms. The van der Waals surface area contributed by atoms with Crippen molar-refractivity contribution in [1.82, 2.24) is 9.80 Å². The molecule has 1 saturated heterocycles. The molecule has 0 N–H and O–H groups in total. The van der Waals surface area contributed by atoms with Crippen molar-refractivity contribution in [3.05, 3.63) is 54.0 Å². The molecule has 1 atom stereocenters. The van der Waals surface area contributed by atoms with Gasteiger partial charge in [-0.3, -0.25) is 9.69 Å². The van der Waals surface area contributed by atoms with Gasteiger partial charge < -0.3 is 14.1 Å². The highest BCUT2D eigenvalue weighted by molar-refractivity contribution is 5.78. The maximum atomic E-state index is 13.0. The van der Waals surface area contributed by atoms with Crippen LogP contribution >= 0.6 is 0 Å². The van der Waals surface area contributed by atoms with Crippen LogP contribution in [-0.4, -0.2) is 48.6 Å². The highest BCUT2D eigenvalue weighted by Gasteiger charge is 2.35. The zero-order chi connectivity index (χ0) is 20.1. The van der Waals surface area contributed by atoms with Gasteiger partial charge >= 0.3 is 6.18 Å². The van der Waals surface area contributed by atoms with Gasteiger partial charge in [-0.15, -0.1) is 0 Å². The van der Waals surface area contributed by atoms with Crippen molar-refractivity contribution in [2.24, 2.45) is 0 Å². The van der Waals surface area contributed by atoms with Crippen molar-refractivity contribution in [1.29, 1.82) is 0 Å². The zero-order valence-electron chi connectivity index (χ0n) is 15.6. The fourth-order valence-corrected chi connectivity index (χ4v) is 3.53. The number of nitrogens with zero attached hydrogens (tertiary/aromatic N) is 2. The summed E-state index contributed by atoms with van der Waals surface area (Å²) in [6.45, 7) is -0.892. The van der Waals surface area contributed by atoms with E-state index in [4.69, 9.17) is 9.15 Å². The van der Waals surface area contributed by atoms with Gasteiger partial charge in [0.05, 0.1) is 26.5 Å². The van der Waals surface area contributed by atoms with Crippen LogP contribution < -0.4 is 4.74 Å². The molecule has 1 fully saturated rings. The van der Waals surface area contributed by atoms with Gasteiger partial charge in [0, 0.05) is 6.04 Å². The summed E-state index contributed by atoms with van der Waals surface area (Å²) in [7, 11) is 1.59. The molecule has 2 aromatic rings. The molecule has 8 heteroatoms. The van der Waals surface area contributed by atoms with E-state index in [2.05, 4.69) is 0 Å². The summed E-state index contributed by atoms with van der Waals surface area (Å²) < 4.78 is 49.2. The number of halogens is 3. The molecule has 1 unspecified atom stereocenters. The van der Waals surface area contributed by atoms with Gasteiger partial charge in [-0.25, -0.2) is 0 Å². The van der Waals surface area contributed by atoms with Crippen LogP contribution in [0.4, 0.5) is 13.2 Å². The van der Waals surface area contributed by atoms with Crippen molar-refractivity contribution in [3.63, 3.8) is 0 Å². The second-order valence-electron chi connectivity index (χ2n) is 6.85. The summed E-state index contributed by atoms with van der Waals surface area (Å²) in [6, 6.07) is 10.7. The average molecular weight is 396 g/mol. The molecule has 3 rings (SSSR count). The number of methoxy groups -OCH3 is 1. The van der Waals surface area contributed by atoms with Gasteiger partial charge in [0.15, 0.2) is 0 Å². The number of furan rings is 1. The van der Waals surface area contributed by atoms with E-state index in [1.807, 2.05) is 29.2 Å². The molecule has 0 radical (unpaired) electrons. The van der Waals surface area contributed by atoms with Crippen LogP contribution in [-0.2, 0) is 11.3 Å². The number of ether oxygens (including phenoxy) is 1. The van der Waals surface area contributed by atoms with E-state index in [0.29, 0.717) is 12.3 Å². The molecule has 1 aliphatic rings. The third-order valence-corrected chi connectivity index (χ3v) is 4.85. The Bertz CT molecular complexity index is 760. The predicted octanol–water partition coefficient (Wildman–Crippen LogP) is 4.02. The van der Waals surface area contributed by atoms with Gasteiger partial charge in [0.1, 0.15) is 18.1 Å². The number of amides is 1. The zero-order valence-corrected chi connectivity index (χ0v) is 15.6. The van der Waals surface area contributed by atoms with Crippen LogP contribution in [0, 0.1) is 0 Å². The normalized spacial score (nSPS) is 17.6. The van der Waals surface area contributed by atoms with Gasteiger partial charge in [0.25, 0.3) is 0 Å². The average Bonchev–Trinajstić information content (AvgIpc) is 3.32. The summed E-state index contributed by atoms with van der Waals surface area (Å²) in [5, 5.41) is 0. The van der Waals surface area contributed by atoms with Crippen LogP contribution in [0.5, 0.6) is 5.75 Å². The molecule has 0 aliphatic carbocycles. The molecule has 0 saturated carbocycles. The number of rotatable bonds is 7. The maximum absolute atomic E-state index is 13.0. The Morgan fingerprint density at radius 3 is 2.64 bits per heavy atom. The number of likely N-dealkylation sites (tertiary alicyclic amines) is 1. The first kappa shape index (κ1) is 20.3. The molecule has 5 nitrogen and oxygen atoms in total. The Balaban J connectivity index is 1.70. The first-order valence-corrected chi connectivity index (χ1v) is 9.10. The van der Waals surface area contributed by atoms with Gasteiger partial charge in [-0.05, 0) is 49.2 Å². The molecular formula is C20H23F3N2O3. The minimum atomic E-state index is -4.47. The third kappa shape index (κ3) is 5.28. The fourth-order valence-electron chi connectivity index (χ4n) is 3.53. The molecular weight excluding hydrogens is 373 g/mol. The lowest BCUT2D eigenvalue weighted by Gasteiger charge is -2.29. The quantitative estimate of drug-likeness (QED) is 0.709. The number of alkyl halides is 3. The number of carbonyl (C=O) groups is 1. The Morgan fingerprint density at radius 2 is 2.04 bits per heavy atom. The highest BCUT2D eigenvalue weighted by Crippen LogP contribution is 2.32. The minimum Gasteiger partial charge on any atom is -0.497 e. The van der Waals surface area contributed by atoms with E-state index in [0.717, 1.165) is 29.1 Å². The van der Waals surface area contributed by atoms with E-state index in [1.54, 1.807) is 19.2 Å². The van der Waals surface area contributed by atoms with E-state index in [1.165, 1.54) is 6.26 Å². The molecule has 1 aliphatic heterocycles. The SMILES string of the molecule is COc1ccc(C2CCCN2CC(=O)N(Cc2ccco2)CC(F)(F)F)cc1. The Labute approximate surface area is 161 Å². The summed E-state index contributed by atoms with van der Waals surface area (Å²) in [6.07, 6.45) is -1.34. The highest BCUT2D eigenvalue weighted by atomic mass is 19.4. The van der Waals surface area contributed by atoms with E-state index < -0.39 is 18.6 Å². The van der Waals surface area contributed by atoms with E-state index in [9.17, 15) is 18.0 Å². The topological polar surface area (TPSA) is 45.9 Å². The summed E-state index contributed by atoms with van der Waals surface area (Å²) in [5.41, 5.74) is 1.03. The number of benzene rings is 1. The summed E-state index contributed by atoms with van der Waals surface area (Å²) >= 11 is 0. The second-order valence-corrected chi connectivity index (χ2v) is 6.85. The lowest BCUT2D eigenvalue weighted by atomic mass is 10.0. The Kier molecular flexibility index (Phi) is 6.28. The largest absolute Gasteiger partial charge is 0.497 e. The lowest BCUT2D eigenvalue weighted by Crippen LogP contribution is -2.44. The van der Waals surface area contributed by atoms with Crippen LogP contribution in [0.2, 0.25) is 0 Å². The Morgan fingerprint density at radius 1 is 1.29 bits per heavy atom. The van der Waals surface area contributed by atoms with Crippen LogP contribution in [0.25, 0.3) is 0 Å². The van der Waals surface area contributed by atoms with Crippen molar-refractivity contribution >= 4 is 5.91 Å². The second kappa shape index (κ2) is 8.68. The molecule has 1 aromatic carbocycles. The fraction of sp³-hybridized carbons (Fsp3) is 0.450. The number of carbonyl (C=O) groups excluding carboxylic acids is 1. The first-order chi connectivity index (χ1) is 13.4. The van der Waals surface area contributed by atoms with Crippen molar-refractivity contribution in [2.75, 3.05) is 26.7 Å². The van der Waals surface area contributed by atoms with Crippen molar-refractivity contribution < 1.29 is 27.1 Å². The molecule has 28 heavy (non-hydrogen) atoms. The van der Waals surface area contributed by atoms with Gasteiger partial charge in [-0.2, -0.15) is 13.2 Å². The molecule has 152 valence electrons. The first-order valence-electron chi connectivity index (χ1n) is 9.10. The third-order valence-electron chi connectivity index (χ3n) is 4.85. The predicted molar refractivity (Wildman–Crippen MR) is 96.7 cm³/mol. The molecule has 1 amide bonds. The Hall–Kier alpha value is -2.48. The van der Waals surface area contributed by atoms with Crippen LogP contribution in [0.15, 0.2) is 47.1 Å². The van der Waals surface area contributed by atoms with Crippen molar-refractivity contribution in [2.45, 2.75) is 31.6 Å². The van der Waals surface area contributed by atoms with Crippen LogP contribution in [0.3, 0.4) is 0 Å². The van der Waals surface area contributed by atoms with Gasteiger partial charge in [0.2, 0.25) is 5.91 Å². The van der Waals surface area contributed by atoms with Crippen LogP contribution in [0.1, 0.15) is 30.2 Å². The molecule has 1 aromatic heterocycles. The summed E-state index contributed by atoms with van der Waals surface area (Å²) in [5.74, 6) is 0.499. The molecule has 0 bridgehead atoms. The monoisotopic (exact) mass is 396 g/mol. The van der Waals surface area contributed by atoms with Gasteiger partial charge in [-0.1, -0.05) is 12.1 Å². The molecule has 2 heterocycles. The van der Waals surface area contributed by atoms with E-state index >= 15 is 0 Å².